The first-order valence-corrected chi connectivity index (χ1v) is 9.57. The van der Waals surface area contributed by atoms with Crippen molar-refractivity contribution in [2.45, 2.75) is 57.5 Å². The average molecular weight is 329 g/mol. The van der Waals surface area contributed by atoms with E-state index < -0.39 is 0 Å². The Bertz CT molecular complexity index is 525. The summed E-state index contributed by atoms with van der Waals surface area (Å²) in [5.74, 6) is 0.949. The fraction of sp³-hybridized carbons (Fsp3) is 0.650. The highest BCUT2D eigenvalue weighted by atomic mass is 15.2. The Morgan fingerprint density at radius 3 is 2.33 bits per heavy atom. The van der Waals surface area contributed by atoms with E-state index in [-0.39, 0.29) is 0 Å². The first kappa shape index (κ1) is 17.3. The first-order valence-electron chi connectivity index (χ1n) is 9.57. The standard InChI is InChI=1S/C20H32N4/c1-3-16-4-6-17(7-5-16)10-13-22-20(21-2)23-18-11-14-24(15-12-18)19-8-9-19/h4-7,18-19H,3,8-15H2,1-2H3,(H2,21,22,23). The number of nitrogens with zero attached hydrogens (tertiary/aromatic N) is 2. The van der Waals surface area contributed by atoms with Crippen LogP contribution in [0.2, 0.25) is 0 Å². The molecule has 0 aromatic heterocycles. The number of likely N-dealkylation sites (tertiary alicyclic amines) is 1. The molecule has 1 saturated heterocycles. The summed E-state index contributed by atoms with van der Waals surface area (Å²) in [6.45, 7) is 5.60. The van der Waals surface area contributed by atoms with Crippen molar-refractivity contribution >= 4 is 5.96 Å². The van der Waals surface area contributed by atoms with Gasteiger partial charge in [-0.15, -0.1) is 0 Å². The number of benzene rings is 1. The molecule has 4 heteroatoms. The third-order valence-electron chi connectivity index (χ3n) is 5.29. The second-order valence-electron chi connectivity index (χ2n) is 7.10. The van der Waals surface area contributed by atoms with Crippen molar-refractivity contribution < 1.29 is 0 Å². The Kier molecular flexibility index (Phi) is 6.13. The highest BCUT2D eigenvalue weighted by Crippen LogP contribution is 2.29. The van der Waals surface area contributed by atoms with E-state index >= 15 is 0 Å². The van der Waals surface area contributed by atoms with Gasteiger partial charge in [-0.3, -0.25) is 4.99 Å². The van der Waals surface area contributed by atoms with Gasteiger partial charge in [0, 0.05) is 38.8 Å². The smallest absolute Gasteiger partial charge is 0.191 e. The second-order valence-corrected chi connectivity index (χ2v) is 7.10. The Labute approximate surface area is 146 Å². The molecule has 0 spiro atoms. The predicted octanol–water partition coefficient (Wildman–Crippen LogP) is 2.58. The molecular weight excluding hydrogens is 296 g/mol. The fourth-order valence-corrected chi connectivity index (χ4v) is 3.50. The van der Waals surface area contributed by atoms with Crippen LogP contribution in [0.1, 0.15) is 43.7 Å². The van der Waals surface area contributed by atoms with Gasteiger partial charge in [-0.2, -0.15) is 0 Å². The molecule has 0 atom stereocenters. The van der Waals surface area contributed by atoms with Gasteiger partial charge in [0.25, 0.3) is 0 Å². The lowest BCUT2D eigenvalue weighted by molar-refractivity contribution is 0.197. The van der Waals surface area contributed by atoms with E-state index in [9.17, 15) is 0 Å². The zero-order chi connectivity index (χ0) is 16.8. The molecule has 4 nitrogen and oxygen atoms in total. The van der Waals surface area contributed by atoms with Crippen LogP contribution in [0.4, 0.5) is 0 Å². The normalized spacial score (nSPS) is 20.2. The number of hydrogen-bond donors (Lipinski definition) is 2. The van der Waals surface area contributed by atoms with E-state index in [4.69, 9.17) is 0 Å². The number of rotatable bonds is 6. The molecule has 132 valence electrons. The van der Waals surface area contributed by atoms with Crippen LogP contribution < -0.4 is 10.6 Å². The van der Waals surface area contributed by atoms with E-state index in [1.807, 2.05) is 7.05 Å². The SMILES string of the molecule is CCc1ccc(CCNC(=NC)NC2CCN(C3CC3)CC2)cc1. The van der Waals surface area contributed by atoms with Crippen LogP contribution in [-0.2, 0) is 12.8 Å². The minimum Gasteiger partial charge on any atom is -0.356 e. The third kappa shape index (κ3) is 4.97. The molecular formula is C20H32N4. The van der Waals surface area contributed by atoms with Crippen molar-refractivity contribution in [1.82, 2.24) is 15.5 Å². The Hall–Kier alpha value is -1.55. The number of aryl methyl sites for hydroxylation is 1. The first-order chi connectivity index (χ1) is 11.8. The second kappa shape index (κ2) is 8.52. The minimum atomic E-state index is 0.565. The van der Waals surface area contributed by atoms with Gasteiger partial charge in [0.2, 0.25) is 0 Å². The van der Waals surface area contributed by atoms with E-state index in [0.717, 1.165) is 31.4 Å². The largest absolute Gasteiger partial charge is 0.356 e. The average Bonchev–Trinajstić information content (AvgIpc) is 3.47. The van der Waals surface area contributed by atoms with Gasteiger partial charge in [-0.25, -0.2) is 0 Å². The lowest BCUT2D eigenvalue weighted by atomic mass is 10.1. The Morgan fingerprint density at radius 2 is 1.75 bits per heavy atom. The van der Waals surface area contributed by atoms with Crippen molar-refractivity contribution in [2.24, 2.45) is 4.99 Å². The molecule has 2 N–H and O–H groups in total. The van der Waals surface area contributed by atoms with Crippen LogP contribution in [0, 0.1) is 0 Å². The van der Waals surface area contributed by atoms with Gasteiger partial charge in [0.05, 0.1) is 0 Å². The molecule has 0 radical (unpaired) electrons. The van der Waals surface area contributed by atoms with Crippen LogP contribution in [0.25, 0.3) is 0 Å². The maximum Gasteiger partial charge on any atom is 0.191 e. The molecule has 0 bridgehead atoms. The van der Waals surface area contributed by atoms with Gasteiger partial charge >= 0.3 is 0 Å². The van der Waals surface area contributed by atoms with Crippen molar-refractivity contribution in [3.05, 3.63) is 35.4 Å². The van der Waals surface area contributed by atoms with Crippen LogP contribution in [-0.4, -0.2) is 49.6 Å². The van der Waals surface area contributed by atoms with Gasteiger partial charge in [-0.05, 0) is 49.7 Å². The maximum absolute atomic E-state index is 4.39. The zero-order valence-electron chi connectivity index (χ0n) is 15.2. The minimum absolute atomic E-state index is 0.565. The van der Waals surface area contributed by atoms with Gasteiger partial charge in [0.15, 0.2) is 5.96 Å². The summed E-state index contributed by atoms with van der Waals surface area (Å²) in [4.78, 5) is 7.05. The number of hydrogen-bond acceptors (Lipinski definition) is 2. The monoisotopic (exact) mass is 328 g/mol. The molecule has 1 aromatic rings. The van der Waals surface area contributed by atoms with E-state index in [0.29, 0.717) is 6.04 Å². The van der Waals surface area contributed by atoms with E-state index in [2.05, 4.69) is 51.7 Å². The molecule has 0 amide bonds. The van der Waals surface area contributed by atoms with Crippen LogP contribution >= 0.6 is 0 Å². The van der Waals surface area contributed by atoms with Crippen molar-refractivity contribution in [1.29, 1.82) is 0 Å². The summed E-state index contributed by atoms with van der Waals surface area (Å²) in [5, 5.41) is 7.07. The number of guanidine groups is 1. The lowest BCUT2D eigenvalue weighted by Gasteiger charge is -2.33. The lowest BCUT2D eigenvalue weighted by Crippen LogP contribution is -2.49. The van der Waals surface area contributed by atoms with Crippen LogP contribution in [0.5, 0.6) is 0 Å². The highest BCUT2D eigenvalue weighted by molar-refractivity contribution is 5.79. The number of piperidine rings is 1. The van der Waals surface area contributed by atoms with Gasteiger partial charge in [-0.1, -0.05) is 31.2 Å². The fourth-order valence-electron chi connectivity index (χ4n) is 3.50. The summed E-state index contributed by atoms with van der Waals surface area (Å²) in [5.41, 5.74) is 2.79. The maximum atomic E-state index is 4.39. The molecule has 24 heavy (non-hydrogen) atoms. The zero-order valence-corrected chi connectivity index (χ0v) is 15.2. The summed E-state index contributed by atoms with van der Waals surface area (Å²) < 4.78 is 0. The van der Waals surface area contributed by atoms with Crippen molar-refractivity contribution in [2.75, 3.05) is 26.7 Å². The molecule has 1 heterocycles. The summed E-state index contributed by atoms with van der Waals surface area (Å²) in [6.07, 6.45) is 7.44. The van der Waals surface area contributed by atoms with Crippen molar-refractivity contribution in [3.8, 4) is 0 Å². The van der Waals surface area contributed by atoms with Crippen molar-refractivity contribution in [3.63, 3.8) is 0 Å². The molecule has 2 fully saturated rings. The third-order valence-corrected chi connectivity index (χ3v) is 5.29. The number of nitrogens with one attached hydrogen (secondary N) is 2. The molecule has 2 aliphatic rings. The molecule has 1 aliphatic heterocycles. The Morgan fingerprint density at radius 1 is 1.08 bits per heavy atom. The molecule has 0 unspecified atom stereocenters. The van der Waals surface area contributed by atoms with Crippen LogP contribution in [0.3, 0.4) is 0 Å². The molecule has 1 aromatic carbocycles. The Balaban J connectivity index is 1.37. The summed E-state index contributed by atoms with van der Waals surface area (Å²) in [7, 11) is 1.87. The predicted molar refractivity (Wildman–Crippen MR) is 102 cm³/mol. The molecule has 1 saturated carbocycles. The van der Waals surface area contributed by atoms with E-state index in [1.54, 1.807) is 0 Å². The van der Waals surface area contributed by atoms with E-state index in [1.165, 1.54) is 49.9 Å². The molecule has 3 rings (SSSR count). The van der Waals surface area contributed by atoms with Gasteiger partial charge < -0.3 is 15.5 Å². The molecule has 1 aliphatic carbocycles. The summed E-state index contributed by atoms with van der Waals surface area (Å²) in [6, 6.07) is 10.4. The van der Waals surface area contributed by atoms with Crippen LogP contribution in [0.15, 0.2) is 29.3 Å². The highest BCUT2D eigenvalue weighted by Gasteiger charge is 2.31. The van der Waals surface area contributed by atoms with Gasteiger partial charge in [0.1, 0.15) is 0 Å². The summed E-state index contributed by atoms with van der Waals surface area (Å²) >= 11 is 0. The topological polar surface area (TPSA) is 39.7 Å². The number of aliphatic imine (C=N–C) groups is 1. The quantitative estimate of drug-likeness (QED) is 0.623.